The topological polar surface area (TPSA) is 42.8 Å². The molecule has 0 radical (unpaired) electrons. The number of carbonyl (C=O) groups excluding carboxylic acids is 1. The molecule has 1 aliphatic heterocycles. The number of aryl methyl sites for hydroxylation is 2. The number of carbonyl (C=O) groups is 1. The van der Waals surface area contributed by atoms with E-state index in [1.807, 2.05) is 6.07 Å². The summed E-state index contributed by atoms with van der Waals surface area (Å²) in [4.78, 5) is 13.9. The van der Waals surface area contributed by atoms with E-state index in [0.717, 1.165) is 25.1 Å². The van der Waals surface area contributed by atoms with Crippen LogP contribution in [-0.4, -0.2) is 25.6 Å². The highest BCUT2D eigenvalue weighted by atomic mass is 16.5. The van der Waals surface area contributed by atoms with Crippen molar-refractivity contribution in [3.8, 4) is 5.75 Å². The van der Waals surface area contributed by atoms with Gasteiger partial charge >= 0.3 is 0 Å². The summed E-state index contributed by atoms with van der Waals surface area (Å²) in [5.41, 5.74) is 5.35. The van der Waals surface area contributed by atoms with Crippen LogP contribution in [0.5, 0.6) is 5.75 Å². The van der Waals surface area contributed by atoms with Gasteiger partial charge in [0.25, 0.3) is 5.91 Å². The molecule has 0 unspecified atom stereocenters. The van der Waals surface area contributed by atoms with E-state index in [9.17, 15) is 4.79 Å². The van der Waals surface area contributed by atoms with Crippen molar-refractivity contribution in [3.63, 3.8) is 0 Å². The summed E-state index contributed by atoms with van der Waals surface area (Å²) in [7, 11) is 0. The Kier molecular flexibility index (Phi) is 6.27. The van der Waals surface area contributed by atoms with Crippen LogP contribution in [0.15, 0.2) is 42.5 Å². The molecule has 0 bridgehead atoms. The first-order valence-corrected chi connectivity index (χ1v) is 10.7. The highest BCUT2D eigenvalue weighted by molar-refractivity contribution is 5.77. The molecule has 4 nitrogen and oxygen atoms in total. The van der Waals surface area contributed by atoms with E-state index >= 15 is 0 Å². The average Bonchev–Trinajstić information content (AvgIpc) is 3.20. The lowest BCUT2D eigenvalue weighted by atomic mass is 10.0. The molecule has 1 heterocycles. The molecular formula is C24H31N2O2+. The minimum Gasteiger partial charge on any atom is -0.484 e. The molecule has 1 amide bonds. The predicted octanol–water partition coefficient (Wildman–Crippen LogP) is 2.44. The number of fused-ring (bicyclic) bond motifs is 1. The standard InChI is InChI=1S/C24H30N2O2/c27-24(18-28-23-12-11-19-9-6-10-20(19)15-23)25-16-21-7-2-3-8-22(21)17-26-13-4-1-5-14-26/h2-3,7-8,11-12,15H,1,4-6,9-10,13-14,16-18H2,(H,25,27)/p+1. The fourth-order valence-corrected chi connectivity index (χ4v) is 4.43. The molecule has 2 aromatic carbocycles. The number of piperidine rings is 1. The van der Waals surface area contributed by atoms with Gasteiger partial charge in [0.1, 0.15) is 12.3 Å². The number of likely N-dealkylation sites (tertiary alicyclic amines) is 1. The third kappa shape index (κ3) is 4.93. The van der Waals surface area contributed by atoms with Crippen molar-refractivity contribution in [1.29, 1.82) is 0 Å². The summed E-state index contributed by atoms with van der Waals surface area (Å²) < 4.78 is 5.72. The molecule has 4 heteroatoms. The minimum atomic E-state index is -0.0689. The molecule has 1 saturated heterocycles. The van der Waals surface area contributed by atoms with Gasteiger partial charge < -0.3 is 15.0 Å². The Balaban J connectivity index is 1.27. The Morgan fingerprint density at radius 2 is 1.71 bits per heavy atom. The monoisotopic (exact) mass is 379 g/mol. The molecule has 148 valence electrons. The minimum absolute atomic E-state index is 0.0678. The van der Waals surface area contributed by atoms with Gasteiger partial charge in [-0.15, -0.1) is 0 Å². The molecule has 0 aromatic heterocycles. The second-order valence-electron chi connectivity index (χ2n) is 8.11. The SMILES string of the molecule is O=C(COc1ccc2c(c1)CCC2)NCc1ccccc1C[NH+]1CCCCC1. The second-order valence-corrected chi connectivity index (χ2v) is 8.11. The number of ether oxygens (including phenoxy) is 1. The van der Waals surface area contributed by atoms with Crippen LogP contribution in [0.3, 0.4) is 0 Å². The van der Waals surface area contributed by atoms with Crippen LogP contribution in [0.25, 0.3) is 0 Å². The van der Waals surface area contributed by atoms with Crippen LogP contribution in [0.1, 0.15) is 47.9 Å². The molecule has 2 aliphatic rings. The largest absolute Gasteiger partial charge is 0.484 e. The molecule has 1 fully saturated rings. The third-order valence-corrected chi connectivity index (χ3v) is 6.04. The summed E-state index contributed by atoms with van der Waals surface area (Å²) >= 11 is 0. The van der Waals surface area contributed by atoms with Crippen molar-refractivity contribution in [2.45, 2.75) is 51.6 Å². The van der Waals surface area contributed by atoms with Gasteiger partial charge in [0.15, 0.2) is 6.61 Å². The number of benzene rings is 2. The fraction of sp³-hybridized carbons (Fsp3) is 0.458. The zero-order chi connectivity index (χ0) is 19.2. The van der Waals surface area contributed by atoms with Gasteiger partial charge in [-0.25, -0.2) is 0 Å². The second kappa shape index (κ2) is 9.24. The van der Waals surface area contributed by atoms with Crippen molar-refractivity contribution in [2.75, 3.05) is 19.7 Å². The highest BCUT2D eigenvalue weighted by Crippen LogP contribution is 2.25. The van der Waals surface area contributed by atoms with Crippen molar-refractivity contribution in [3.05, 3.63) is 64.7 Å². The van der Waals surface area contributed by atoms with Gasteiger partial charge in [-0.3, -0.25) is 4.79 Å². The van der Waals surface area contributed by atoms with E-state index in [-0.39, 0.29) is 12.5 Å². The maximum Gasteiger partial charge on any atom is 0.258 e. The van der Waals surface area contributed by atoms with Gasteiger partial charge in [0, 0.05) is 12.1 Å². The zero-order valence-corrected chi connectivity index (χ0v) is 16.6. The van der Waals surface area contributed by atoms with Crippen LogP contribution < -0.4 is 15.0 Å². The molecule has 0 atom stereocenters. The van der Waals surface area contributed by atoms with Gasteiger partial charge in [-0.2, -0.15) is 0 Å². The van der Waals surface area contributed by atoms with Gasteiger partial charge in [-0.1, -0.05) is 30.3 Å². The summed E-state index contributed by atoms with van der Waals surface area (Å²) in [5.74, 6) is 0.727. The lowest BCUT2D eigenvalue weighted by Crippen LogP contribution is -3.11. The number of hydrogen-bond acceptors (Lipinski definition) is 2. The maximum absolute atomic E-state index is 12.3. The summed E-state index contributed by atoms with van der Waals surface area (Å²) in [6, 6.07) is 14.7. The number of amides is 1. The van der Waals surface area contributed by atoms with Crippen LogP contribution in [0.2, 0.25) is 0 Å². The zero-order valence-electron chi connectivity index (χ0n) is 16.6. The third-order valence-electron chi connectivity index (χ3n) is 6.04. The van der Waals surface area contributed by atoms with E-state index in [1.165, 1.54) is 61.0 Å². The Labute approximate surface area is 167 Å². The van der Waals surface area contributed by atoms with Crippen molar-refractivity contribution in [2.24, 2.45) is 0 Å². The van der Waals surface area contributed by atoms with Gasteiger partial charge in [-0.05, 0) is 67.3 Å². The predicted molar refractivity (Wildman–Crippen MR) is 111 cm³/mol. The first-order valence-electron chi connectivity index (χ1n) is 10.7. The van der Waals surface area contributed by atoms with E-state index in [4.69, 9.17) is 4.74 Å². The average molecular weight is 380 g/mol. The molecule has 28 heavy (non-hydrogen) atoms. The molecule has 0 spiro atoms. The summed E-state index contributed by atoms with van der Waals surface area (Å²) in [6.07, 6.45) is 7.52. The number of quaternary nitrogens is 1. The Morgan fingerprint density at radius 3 is 2.57 bits per heavy atom. The molecule has 0 saturated carbocycles. The molecule has 1 aliphatic carbocycles. The lowest BCUT2D eigenvalue weighted by Gasteiger charge is -2.24. The maximum atomic E-state index is 12.3. The summed E-state index contributed by atoms with van der Waals surface area (Å²) in [5, 5.41) is 3.03. The van der Waals surface area contributed by atoms with E-state index < -0.39 is 0 Å². The van der Waals surface area contributed by atoms with Crippen LogP contribution in [0, 0.1) is 0 Å². The van der Waals surface area contributed by atoms with Crippen LogP contribution >= 0.6 is 0 Å². The normalized spacial score (nSPS) is 16.6. The first kappa shape index (κ1) is 19.0. The van der Waals surface area contributed by atoms with Crippen LogP contribution in [0.4, 0.5) is 0 Å². The lowest BCUT2D eigenvalue weighted by molar-refractivity contribution is -0.918. The van der Waals surface area contributed by atoms with Crippen molar-refractivity contribution < 1.29 is 14.4 Å². The smallest absolute Gasteiger partial charge is 0.258 e. The van der Waals surface area contributed by atoms with Crippen molar-refractivity contribution in [1.82, 2.24) is 5.32 Å². The Hall–Kier alpha value is -2.33. The molecule has 2 N–H and O–H groups in total. The van der Waals surface area contributed by atoms with Crippen LogP contribution in [-0.2, 0) is 30.7 Å². The number of rotatable bonds is 7. The molecular weight excluding hydrogens is 348 g/mol. The number of nitrogens with one attached hydrogen (secondary N) is 2. The fourth-order valence-electron chi connectivity index (χ4n) is 4.43. The molecule has 2 aromatic rings. The Morgan fingerprint density at radius 1 is 0.929 bits per heavy atom. The van der Waals surface area contributed by atoms with E-state index in [2.05, 4.69) is 41.7 Å². The van der Waals surface area contributed by atoms with Gasteiger partial charge in [0.2, 0.25) is 0 Å². The molecule has 4 rings (SSSR count). The van der Waals surface area contributed by atoms with E-state index in [0.29, 0.717) is 6.54 Å². The highest BCUT2D eigenvalue weighted by Gasteiger charge is 2.16. The van der Waals surface area contributed by atoms with Crippen molar-refractivity contribution >= 4 is 5.91 Å². The van der Waals surface area contributed by atoms with Gasteiger partial charge in [0.05, 0.1) is 13.1 Å². The number of hydrogen-bond donors (Lipinski definition) is 2. The quantitative estimate of drug-likeness (QED) is 0.776. The Bertz CT molecular complexity index is 812. The first-order chi connectivity index (χ1) is 13.8. The van der Waals surface area contributed by atoms with E-state index in [1.54, 1.807) is 4.90 Å². The summed E-state index contributed by atoms with van der Waals surface area (Å²) in [6.45, 7) is 4.20.